The van der Waals surface area contributed by atoms with E-state index in [1.165, 1.54) is 19.3 Å². The third-order valence-corrected chi connectivity index (χ3v) is 7.86. The van der Waals surface area contributed by atoms with Crippen LogP contribution in [0.3, 0.4) is 0 Å². The molecule has 2 aromatic rings. The van der Waals surface area contributed by atoms with Crippen LogP contribution in [0.15, 0.2) is 78.9 Å². The Balaban J connectivity index is 1.42. The van der Waals surface area contributed by atoms with Crippen molar-refractivity contribution in [1.29, 1.82) is 0 Å². The molecule has 0 saturated heterocycles. The molecule has 2 aliphatic rings. The van der Waals surface area contributed by atoms with Crippen LogP contribution in [-0.2, 0) is 0 Å². The zero-order valence-corrected chi connectivity index (χ0v) is 22.0. The lowest BCUT2D eigenvalue weighted by molar-refractivity contribution is 0.237. The van der Waals surface area contributed by atoms with Crippen molar-refractivity contribution in [3.05, 3.63) is 95.9 Å². The fourth-order valence-electron chi connectivity index (χ4n) is 5.44. The minimum atomic E-state index is -1.66. The molecule has 0 fully saturated rings. The van der Waals surface area contributed by atoms with Crippen LogP contribution < -0.4 is 0 Å². The molecule has 0 aromatic heterocycles. The van der Waals surface area contributed by atoms with Gasteiger partial charge in [-0.15, -0.1) is 6.58 Å². The Hall–Kier alpha value is -2.81. The van der Waals surface area contributed by atoms with Crippen LogP contribution in [0.1, 0.15) is 82.3 Å². The maximum atomic E-state index is 15.1. The van der Waals surface area contributed by atoms with Gasteiger partial charge in [-0.1, -0.05) is 99.7 Å². The van der Waals surface area contributed by atoms with Crippen LogP contribution in [0.4, 0.5) is 13.2 Å². The van der Waals surface area contributed by atoms with Crippen molar-refractivity contribution in [2.24, 2.45) is 5.92 Å². The Morgan fingerprint density at radius 1 is 0.865 bits per heavy atom. The van der Waals surface area contributed by atoms with Gasteiger partial charge >= 0.3 is 0 Å². The molecule has 3 unspecified atom stereocenters. The quantitative estimate of drug-likeness (QED) is 0.211. The number of rotatable bonds is 11. The number of alkyl halides is 2. The van der Waals surface area contributed by atoms with Crippen molar-refractivity contribution in [3.63, 3.8) is 0 Å². The summed E-state index contributed by atoms with van der Waals surface area (Å²) in [6, 6.07) is 12.7. The number of hydrogen-bond acceptors (Lipinski definition) is 0. The fraction of sp³-hybridized carbons (Fsp3) is 0.412. The number of unbranched alkanes of at least 4 members (excludes halogenated alkanes) is 5. The molecule has 0 radical (unpaired) electrons. The van der Waals surface area contributed by atoms with E-state index in [-0.39, 0.29) is 5.82 Å². The molecule has 0 spiro atoms. The highest BCUT2D eigenvalue weighted by atomic mass is 19.2. The maximum Gasteiger partial charge on any atom is 0.161 e. The van der Waals surface area contributed by atoms with Gasteiger partial charge in [0, 0.05) is 5.56 Å². The van der Waals surface area contributed by atoms with E-state index in [2.05, 4.69) is 19.6 Å². The molecule has 0 N–H and O–H groups in total. The molecule has 37 heavy (non-hydrogen) atoms. The van der Waals surface area contributed by atoms with Gasteiger partial charge in [0.2, 0.25) is 0 Å². The van der Waals surface area contributed by atoms with E-state index in [0.717, 1.165) is 55.2 Å². The minimum Gasteiger partial charge on any atom is -0.239 e. The SMILES string of the molecule is C=CC1CC=C(c2ccc(-c3ccc(C4=CC=C(CCCCCCCC)C(F)C4F)cc3)cc2F)CC1. The molecule has 2 aliphatic carbocycles. The van der Waals surface area contributed by atoms with Gasteiger partial charge in [0.15, 0.2) is 12.3 Å². The lowest BCUT2D eigenvalue weighted by atomic mass is 9.86. The predicted molar refractivity (Wildman–Crippen MR) is 151 cm³/mol. The highest BCUT2D eigenvalue weighted by molar-refractivity contribution is 5.76. The molecule has 0 saturated carbocycles. The second kappa shape index (κ2) is 13.1. The molecule has 0 heterocycles. The van der Waals surface area contributed by atoms with E-state index in [1.807, 2.05) is 30.3 Å². The van der Waals surface area contributed by atoms with E-state index in [1.54, 1.807) is 30.4 Å². The van der Waals surface area contributed by atoms with Gasteiger partial charge in [0.1, 0.15) is 5.82 Å². The van der Waals surface area contributed by atoms with Gasteiger partial charge in [-0.25, -0.2) is 13.2 Å². The van der Waals surface area contributed by atoms with Crippen molar-refractivity contribution < 1.29 is 13.2 Å². The van der Waals surface area contributed by atoms with Crippen LogP contribution >= 0.6 is 0 Å². The second-order valence-electron chi connectivity index (χ2n) is 10.5. The standard InChI is InChI=1S/C34H39F3/c1-3-5-6-7-8-9-10-28-19-22-31(34(37)33(28)36)27-17-15-25(16-18-27)29-20-21-30(32(35)23-29)26-13-11-24(4-2)12-14-26/h4,13,15-24,33-34H,2-3,5-12,14H2,1H3. The molecule has 0 aliphatic heterocycles. The summed E-state index contributed by atoms with van der Waals surface area (Å²) in [7, 11) is 0. The summed E-state index contributed by atoms with van der Waals surface area (Å²) in [5.74, 6) is 0.245. The average Bonchev–Trinajstić information content (AvgIpc) is 2.93. The minimum absolute atomic E-state index is 0.230. The Morgan fingerprint density at radius 2 is 1.57 bits per heavy atom. The smallest absolute Gasteiger partial charge is 0.161 e. The van der Waals surface area contributed by atoms with Gasteiger partial charge in [0.05, 0.1) is 0 Å². The van der Waals surface area contributed by atoms with Crippen LogP contribution in [0.25, 0.3) is 22.3 Å². The van der Waals surface area contributed by atoms with Gasteiger partial charge in [-0.05, 0) is 77.5 Å². The van der Waals surface area contributed by atoms with E-state index in [0.29, 0.717) is 34.6 Å². The highest BCUT2D eigenvalue weighted by Gasteiger charge is 2.31. The summed E-state index contributed by atoms with van der Waals surface area (Å²) in [6.07, 6.45) is 14.5. The average molecular weight is 505 g/mol. The van der Waals surface area contributed by atoms with Crippen LogP contribution in [-0.4, -0.2) is 12.3 Å². The van der Waals surface area contributed by atoms with Crippen molar-refractivity contribution in [2.75, 3.05) is 0 Å². The molecule has 3 atom stereocenters. The van der Waals surface area contributed by atoms with Crippen molar-refractivity contribution in [1.82, 2.24) is 0 Å². The Kier molecular flexibility index (Phi) is 9.66. The molecule has 4 rings (SSSR count). The molecule has 0 bridgehead atoms. The van der Waals surface area contributed by atoms with Crippen molar-refractivity contribution >= 4 is 11.1 Å². The highest BCUT2D eigenvalue weighted by Crippen LogP contribution is 2.36. The largest absolute Gasteiger partial charge is 0.239 e. The number of allylic oxidation sites excluding steroid dienone is 7. The zero-order valence-electron chi connectivity index (χ0n) is 22.0. The molecule has 0 nitrogen and oxygen atoms in total. The van der Waals surface area contributed by atoms with E-state index < -0.39 is 12.3 Å². The molecular weight excluding hydrogens is 465 g/mol. The Morgan fingerprint density at radius 3 is 2.24 bits per heavy atom. The first kappa shape index (κ1) is 27.2. The molecule has 0 amide bonds. The van der Waals surface area contributed by atoms with Crippen LogP contribution in [0.2, 0.25) is 0 Å². The Labute approximate surface area is 220 Å². The fourth-order valence-corrected chi connectivity index (χ4v) is 5.44. The van der Waals surface area contributed by atoms with Crippen molar-refractivity contribution in [3.8, 4) is 11.1 Å². The van der Waals surface area contributed by atoms with Crippen LogP contribution in [0.5, 0.6) is 0 Å². The number of hydrogen-bond donors (Lipinski definition) is 0. The van der Waals surface area contributed by atoms with E-state index >= 15 is 4.39 Å². The summed E-state index contributed by atoms with van der Waals surface area (Å²) in [5.41, 5.74) is 4.93. The van der Waals surface area contributed by atoms with Gasteiger partial charge in [-0.3, -0.25) is 0 Å². The van der Waals surface area contributed by atoms with Crippen LogP contribution in [0, 0.1) is 11.7 Å². The van der Waals surface area contributed by atoms with E-state index in [9.17, 15) is 8.78 Å². The summed E-state index contributed by atoms with van der Waals surface area (Å²) in [5, 5.41) is 0. The van der Waals surface area contributed by atoms with Gasteiger partial charge in [0.25, 0.3) is 0 Å². The normalized spacial score (nSPS) is 21.7. The number of benzene rings is 2. The second-order valence-corrected chi connectivity index (χ2v) is 10.5. The summed E-state index contributed by atoms with van der Waals surface area (Å²) in [6.45, 7) is 6.05. The molecule has 2 aromatic carbocycles. The summed E-state index contributed by atoms with van der Waals surface area (Å²) < 4.78 is 44.9. The lowest BCUT2D eigenvalue weighted by Crippen LogP contribution is -2.24. The lowest BCUT2D eigenvalue weighted by Gasteiger charge is -2.23. The molecular formula is C34H39F3. The zero-order chi connectivity index (χ0) is 26.2. The molecule has 3 heteroatoms. The summed E-state index contributed by atoms with van der Waals surface area (Å²) in [4.78, 5) is 0. The number of halogens is 3. The van der Waals surface area contributed by atoms with Gasteiger partial charge < -0.3 is 0 Å². The van der Waals surface area contributed by atoms with E-state index in [4.69, 9.17) is 0 Å². The Bertz CT molecular complexity index is 1150. The third kappa shape index (κ3) is 6.74. The third-order valence-electron chi connectivity index (χ3n) is 7.86. The van der Waals surface area contributed by atoms with Crippen molar-refractivity contribution in [2.45, 2.75) is 83.5 Å². The topological polar surface area (TPSA) is 0 Å². The summed E-state index contributed by atoms with van der Waals surface area (Å²) >= 11 is 0. The molecule has 196 valence electrons. The van der Waals surface area contributed by atoms with Gasteiger partial charge in [-0.2, -0.15) is 0 Å². The predicted octanol–water partition coefficient (Wildman–Crippen LogP) is 10.6. The first-order valence-corrected chi connectivity index (χ1v) is 13.9. The first-order chi connectivity index (χ1) is 18.0. The monoisotopic (exact) mass is 504 g/mol. The first-order valence-electron chi connectivity index (χ1n) is 13.9. The maximum absolute atomic E-state index is 15.1.